The number of aromatic nitrogens is 1. The number of rotatable bonds is 2. The molecule has 0 N–H and O–H groups in total. The van der Waals surface area contributed by atoms with Crippen LogP contribution in [0, 0.1) is 0 Å². The number of benzene rings is 1. The zero-order valence-electron chi connectivity index (χ0n) is 9.32. The van der Waals surface area contributed by atoms with Crippen molar-refractivity contribution >= 4 is 20.4 Å². The monoisotopic (exact) mass is 257 g/mol. The fourth-order valence-corrected chi connectivity index (χ4v) is 3.24. The van der Waals surface area contributed by atoms with Crippen LogP contribution in [0.25, 0.3) is 4.91 Å². The maximum absolute atomic E-state index is 12.4. The average Bonchev–Trinajstić information content (AvgIpc) is 2.84. The van der Waals surface area contributed by atoms with Crippen molar-refractivity contribution in [2.45, 2.75) is 4.90 Å². The van der Waals surface area contributed by atoms with Gasteiger partial charge in [0.05, 0.1) is 10.6 Å². The van der Waals surface area contributed by atoms with Crippen molar-refractivity contribution in [3.8, 4) is 0 Å². The Morgan fingerprint density at radius 1 is 1.00 bits per heavy atom. The van der Waals surface area contributed by atoms with Gasteiger partial charge in [-0.25, -0.2) is 8.42 Å². The van der Waals surface area contributed by atoms with E-state index in [9.17, 15) is 8.42 Å². The Hall–Kier alpha value is -2.14. The molecule has 89 valence electrons. The third-order valence-corrected chi connectivity index (χ3v) is 4.52. The molecule has 4 nitrogen and oxygen atoms in total. The van der Waals surface area contributed by atoms with Gasteiger partial charge in [-0.3, -0.25) is 10.3 Å². The minimum absolute atomic E-state index is 0.205. The van der Waals surface area contributed by atoms with Crippen LogP contribution in [0.2, 0.25) is 0 Å². The molecule has 0 unspecified atom stereocenters. The average molecular weight is 257 g/mol. The Labute approximate surface area is 105 Å². The second-order valence-corrected chi connectivity index (χ2v) is 5.75. The molecule has 0 bridgehead atoms. The first-order valence-corrected chi connectivity index (χ1v) is 6.83. The van der Waals surface area contributed by atoms with Gasteiger partial charge in [0, 0.05) is 24.2 Å². The largest absolute Gasteiger partial charge is 0.264 e. The summed E-state index contributed by atoms with van der Waals surface area (Å²) in [7, 11) is -3.52. The highest BCUT2D eigenvalue weighted by atomic mass is 32.2. The van der Waals surface area contributed by atoms with Crippen LogP contribution in [0.3, 0.4) is 0 Å². The van der Waals surface area contributed by atoms with Gasteiger partial charge in [-0.2, -0.15) is 0 Å². The highest BCUT2D eigenvalue weighted by Gasteiger charge is 2.28. The fourth-order valence-electron chi connectivity index (χ4n) is 1.83. The second kappa shape index (κ2) is 3.96. The van der Waals surface area contributed by atoms with E-state index in [1.54, 1.807) is 42.6 Å². The number of pyridine rings is 1. The Morgan fingerprint density at radius 3 is 2.56 bits per heavy atom. The molecule has 5 heteroatoms. The minimum atomic E-state index is -3.52. The van der Waals surface area contributed by atoms with Gasteiger partial charge in [-0.15, -0.1) is 0 Å². The molecule has 2 aromatic rings. The lowest BCUT2D eigenvalue weighted by Crippen LogP contribution is -2.02. The molecule has 0 amide bonds. The van der Waals surface area contributed by atoms with E-state index in [0.717, 1.165) is 0 Å². The van der Waals surface area contributed by atoms with Crippen molar-refractivity contribution in [1.29, 1.82) is 0 Å². The van der Waals surface area contributed by atoms with Crippen LogP contribution in [0.4, 0.5) is 5.69 Å². The summed E-state index contributed by atoms with van der Waals surface area (Å²) in [6, 6.07) is 10.0. The zero-order chi connectivity index (χ0) is 12.6. The molecule has 3 rings (SSSR count). The lowest BCUT2D eigenvalue weighted by atomic mass is 10.3. The zero-order valence-corrected chi connectivity index (χ0v) is 10.1. The number of nitrogens with zero attached hydrogens (tertiary/aromatic N) is 2. The van der Waals surface area contributed by atoms with E-state index < -0.39 is 9.84 Å². The first-order valence-electron chi connectivity index (χ1n) is 5.35. The predicted molar refractivity (Wildman–Crippen MR) is 67.6 cm³/mol. The van der Waals surface area contributed by atoms with Gasteiger partial charge in [-0.1, -0.05) is 18.2 Å². The molecule has 0 saturated carbocycles. The Morgan fingerprint density at radius 2 is 1.78 bits per heavy atom. The molecule has 0 aliphatic carbocycles. The Kier molecular flexibility index (Phi) is 2.41. The third-order valence-electron chi connectivity index (χ3n) is 2.73. The van der Waals surface area contributed by atoms with Crippen LogP contribution in [0.1, 0.15) is 5.56 Å². The number of hydrogen-bond acceptors (Lipinski definition) is 3. The van der Waals surface area contributed by atoms with Crippen molar-refractivity contribution in [3.05, 3.63) is 60.6 Å². The standard InChI is InChI=1S/C13H9N2O2S/c16-18(17,10-4-2-1-3-5-10)13-9-15-12-6-7-14-8-11(12)13/h1-9H. The highest BCUT2D eigenvalue weighted by molar-refractivity contribution is 8.00. The quantitative estimate of drug-likeness (QED) is 0.827. The van der Waals surface area contributed by atoms with E-state index in [4.69, 9.17) is 0 Å². The Balaban J connectivity index is 2.14. The van der Waals surface area contributed by atoms with Gasteiger partial charge in [0.2, 0.25) is 9.84 Å². The van der Waals surface area contributed by atoms with Crippen molar-refractivity contribution in [2.24, 2.45) is 0 Å². The van der Waals surface area contributed by atoms with Gasteiger partial charge < -0.3 is 0 Å². The molecule has 18 heavy (non-hydrogen) atoms. The molecule has 0 fully saturated rings. The molecule has 1 radical (unpaired) electrons. The molecule has 1 aromatic heterocycles. The topological polar surface area (TPSA) is 61.1 Å². The van der Waals surface area contributed by atoms with Crippen molar-refractivity contribution in [2.75, 3.05) is 0 Å². The lowest BCUT2D eigenvalue weighted by Gasteiger charge is -2.05. The van der Waals surface area contributed by atoms with Gasteiger partial charge in [0.1, 0.15) is 4.91 Å². The maximum Gasteiger partial charge on any atom is 0.208 e. The van der Waals surface area contributed by atoms with Crippen LogP contribution < -0.4 is 5.32 Å². The normalized spacial score (nSPS) is 13.7. The van der Waals surface area contributed by atoms with Crippen LogP contribution in [0.5, 0.6) is 0 Å². The summed E-state index contributed by atoms with van der Waals surface area (Å²) in [4.78, 5) is 4.42. The number of sulfone groups is 1. The molecule has 0 saturated heterocycles. The second-order valence-electron chi connectivity index (χ2n) is 3.83. The maximum atomic E-state index is 12.4. The first-order chi connectivity index (χ1) is 8.69. The predicted octanol–water partition coefficient (Wildman–Crippen LogP) is 2.10. The molecule has 2 heterocycles. The summed E-state index contributed by atoms with van der Waals surface area (Å²) in [5.41, 5.74) is 1.20. The smallest absolute Gasteiger partial charge is 0.208 e. The van der Waals surface area contributed by atoms with Crippen molar-refractivity contribution in [1.82, 2.24) is 10.3 Å². The summed E-state index contributed by atoms with van der Waals surface area (Å²) < 4.78 is 24.9. The van der Waals surface area contributed by atoms with E-state index in [0.29, 0.717) is 11.3 Å². The number of fused-ring (bicyclic) bond motifs is 1. The van der Waals surface area contributed by atoms with E-state index in [1.807, 2.05) is 0 Å². The van der Waals surface area contributed by atoms with Crippen LogP contribution in [0.15, 0.2) is 59.9 Å². The van der Waals surface area contributed by atoms with Crippen molar-refractivity contribution in [3.63, 3.8) is 0 Å². The van der Waals surface area contributed by atoms with Crippen LogP contribution >= 0.6 is 0 Å². The molecular weight excluding hydrogens is 248 g/mol. The van der Waals surface area contributed by atoms with E-state index in [2.05, 4.69) is 10.3 Å². The van der Waals surface area contributed by atoms with Crippen molar-refractivity contribution < 1.29 is 8.42 Å². The molecule has 1 aliphatic rings. The van der Waals surface area contributed by atoms with Gasteiger partial charge in [-0.05, 0) is 18.2 Å². The summed E-state index contributed by atoms with van der Waals surface area (Å²) in [6.07, 6.45) is 4.50. The molecule has 0 spiro atoms. The molecular formula is C13H9N2O2S. The first kappa shape index (κ1) is 11.0. The van der Waals surface area contributed by atoms with Crippen LogP contribution in [-0.4, -0.2) is 13.4 Å². The van der Waals surface area contributed by atoms with Gasteiger partial charge >= 0.3 is 0 Å². The SMILES string of the molecule is O=S(=O)(C1=C[N]c2ccncc21)c1ccccc1. The summed E-state index contributed by atoms with van der Waals surface area (Å²) in [6.45, 7) is 0. The molecule has 1 aliphatic heterocycles. The number of hydrogen-bond donors (Lipinski definition) is 0. The van der Waals surface area contributed by atoms with Crippen LogP contribution in [-0.2, 0) is 9.84 Å². The van der Waals surface area contributed by atoms with E-state index in [1.165, 1.54) is 12.4 Å². The Bertz CT molecular complexity index is 722. The molecule has 0 atom stereocenters. The lowest BCUT2D eigenvalue weighted by molar-refractivity contribution is 0.606. The van der Waals surface area contributed by atoms with E-state index >= 15 is 0 Å². The summed E-state index contributed by atoms with van der Waals surface area (Å²) in [5.74, 6) is 0. The fraction of sp³-hybridized carbons (Fsp3) is 0. The minimum Gasteiger partial charge on any atom is -0.264 e. The summed E-state index contributed by atoms with van der Waals surface area (Å²) >= 11 is 0. The highest BCUT2D eigenvalue weighted by Crippen LogP contribution is 2.35. The summed E-state index contributed by atoms with van der Waals surface area (Å²) in [5, 5.41) is 4.09. The van der Waals surface area contributed by atoms with Gasteiger partial charge in [0.15, 0.2) is 0 Å². The van der Waals surface area contributed by atoms with Gasteiger partial charge in [0.25, 0.3) is 0 Å². The molecule has 1 aromatic carbocycles. The van der Waals surface area contributed by atoms with E-state index in [-0.39, 0.29) is 9.80 Å². The third kappa shape index (κ3) is 1.60.